The normalized spacial score (nSPS) is 32.0. The molecule has 4 fully saturated rings. The Kier molecular flexibility index (Phi) is 4.57. The average molecular weight is 354 g/mol. The predicted octanol–water partition coefficient (Wildman–Crippen LogP) is 3.04. The third-order valence-electron chi connectivity index (χ3n) is 6.49. The van der Waals surface area contributed by atoms with Gasteiger partial charge in [0.25, 0.3) is 5.91 Å². The Morgan fingerprint density at radius 2 is 1.62 bits per heavy atom. The van der Waals surface area contributed by atoms with Gasteiger partial charge in [0, 0.05) is 18.0 Å². The van der Waals surface area contributed by atoms with E-state index < -0.39 is 5.91 Å². The van der Waals surface area contributed by atoms with Crippen LogP contribution in [0.25, 0.3) is 6.08 Å². The van der Waals surface area contributed by atoms with Crippen molar-refractivity contribution in [1.82, 2.24) is 10.8 Å². The van der Waals surface area contributed by atoms with E-state index in [1.807, 2.05) is 24.3 Å². The maximum Gasteiger partial charge on any atom is 0.267 e. The summed E-state index contributed by atoms with van der Waals surface area (Å²) in [6, 6.07) is 7.70. The molecule has 5 heteroatoms. The van der Waals surface area contributed by atoms with Crippen LogP contribution in [0.1, 0.15) is 49.7 Å². The summed E-state index contributed by atoms with van der Waals surface area (Å²) < 4.78 is 0. The van der Waals surface area contributed by atoms with Crippen molar-refractivity contribution in [1.29, 1.82) is 0 Å². The molecule has 0 aliphatic heterocycles. The summed E-state index contributed by atoms with van der Waals surface area (Å²) in [5.41, 5.74) is 3.37. The molecular formula is C21H26N2O3. The van der Waals surface area contributed by atoms with Gasteiger partial charge in [-0.05, 0) is 73.5 Å². The summed E-state index contributed by atoms with van der Waals surface area (Å²) in [5.74, 6) is 2.01. The maximum atomic E-state index is 13.0. The number of hydroxylamine groups is 1. The second kappa shape index (κ2) is 6.88. The monoisotopic (exact) mass is 354 g/mol. The molecule has 1 aromatic carbocycles. The van der Waals surface area contributed by atoms with Crippen molar-refractivity contribution in [2.75, 3.05) is 0 Å². The highest BCUT2D eigenvalue weighted by atomic mass is 16.5. The van der Waals surface area contributed by atoms with E-state index in [1.54, 1.807) is 11.6 Å². The molecular weight excluding hydrogens is 328 g/mol. The predicted molar refractivity (Wildman–Crippen MR) is 97.9 cm³/mol. The van der Waals surface area contributed by atoms with Gasteiger partial charge in [-0.15, -0.1) is 0 Å². The second-order valence-corrected chi connectivity index (χ2v) is 8.43. The van der Waals surface area contributed by atoms with Crippen molar-refractivity contribution in [3.05, 3.63) is 41.5 Å². The topological polar surface area (TPSA) is 78.4 Å². The third-order valence-corrected chi connectivity index (χ3v) is 6.49. The van der Waals surface area contributed by atoms with Gasteiger partial charge in [-0.2, -0.15) is 0 Å². The van der Waals surface area contributed by atoms with Crippen molar-refractivity contribution in [3.8, 4) is 0 Å². The number of carbonyl (C=O) groups excluding carboxylic acids is 2. The molecule has 2 amide bonds. The van der Waals surface area contributed by atoms with E-state index in [1.165, 1.54) is 25.3 Å². The van der Waals surface area contributed by atoms with Crippen molar-refractivity contribution >= 4 is 17.9 Å². The fourth-order valence-corrected chi connectivity index (χ4v) is 5.71. The lowest BCUT2D eigenvalue weighted by atomic mass is 9.49. The first kappa shape index (κ1) is 17.3. The summed E-state index contributed by atoms with van der Waals surface area (Å²) in [7, 11) is 0. The Balaban J connectivity index is 1.35. The van der Waals surface area contributed by atoms with Crippen LogP contribution in [-0.2, 0) is 16.1 Å². The number of rotatable bonds is 5. The van der Waals surface area contributed by atoms with Crippen molar-refractivity contribution < 1.29 is 14.8 Å². The van der Waals surface area contributed by atoms with Crippen LogP contribution >= 0.6 is 0 Å². The van der Waals surface area contributed by atoms with E-state index in [0.717, 1.165) is 48.1 Å². The molecule has 4 aliphatic rings. The standard InChI is InChI=1S/C21H26N2O3/c24-19(23-26)6-5-14-1-3-15(4-2-14)13-22-20(25)21-10-16-7-17(11-21)9-18(8-16)12-21/h1-6,16-18,26H,7-13H2,(H,22,25)(H,23,24)/b6-5+. The molecule has 0 heterocycles. The highest BCUT2D eigenvalue weighted by Gasteiger charge is 2.54. The highest BCUT2D eigenvalue weighted by Crippen LogP contribution is 2.60. The zero-order valence-corrected chi connectivity index (χ0v) is 14.9. The molecule has 0 atom stereocenters. The van der Waals surface area contributed by atoms with Crippen LogP contribution in [-0.4, -0.2) is 17.0 Å². The minimum atomic E-state index is -0.558. The largest absolute Gasteiger partial charge is 0.352 e. The zero-order valence-electron chi connectivity index (χ0n) is 14.9. The summed E-state index contributed by atoms with van der Waals surface area (Å²) in [5, 5.41) is 11.7. The van der Waals surface area contributed by atoms with Gasteiger partial charge in [-0.1, -0.05) is 24.3 Å². The molecule has 4 aliphatic carbocycles. The smallest absolute Gasteiger partial charge is 0.267 e. The zero-order chi connectivity index (χ0) is 18.1. The first-order valence-electron chi connectivity index (χ1n) is 9.56. The number of carbonyl (C=O) groups is 2. The fourth-order valence-electron chi connectivity index (χ4n) is 5.71. The summed E-state index contributed by atoms with van der Waals surface area (Å²) in [4.78, 5) is 24.0. The molecule has 26 heavy (non-hydrogen) atoms. The van der Waals surface area contributed by atoms with E-state index in [9.17, 15) is 9.59 Å². The minimum absolute atomic E-state index is 0.102. The lowest BCUT2D eigenvalue weighted by Gasteiger charge is -2.55. The molecule has 138 valence electrons. The van der Waals surface area contributed by atoms with E-state index in [2.05, 4.69) is 5.32 Å². The lowest BCUT2D eigenvalue weighted by Crippen LogP contribution is -2.53. The van der Waals surface area contributed by atoms with Gasteiger partial charge < -0.3 is 5.32 Å². The molecule has 5 rings (SSSR count). The van der Waals surface area contributed by atoms with Gasteiger partial charge in [-0.3, -0.25) is 14.8 Å². The number of nitrogens with one attached hydrogen (secondary N) is 2. The highest BCUT2D eigenvalue weighted by molar-refractivity contribution is 5.90. The number of hydrogen-bond acceptors (Lipinski definition) is 3. The van der Waals surface area contributed by atoms with E-state index in [4.69, 9.17) is 5.21 Å². The average Bonchev–Trinajstić information content (AvgIpc) is 2.63. The van der Waals surface area contributed by atoms with E-state index in [-0.39, 0.29) is 11.3 Å². The third kappa shape index (κ3) is 3.40. The van der Waals surface area contributed by atoms with Gasteiger partial charge in [0.2, 0.25) is 5.91 Å². The summed E-state index contributed by atoms with van der Waals surface area (Å²) in [6.45, 7) is 0.543. The van der Waals surface area contributed by atoms with E-state index in [0.29, 0.717) is 6.54 Å². The molecule has 5 nitrogen and oxygen atoms in total. The lowest BCUT2D eigenvalue weighted by molar-refractivity contribution is -0.146. The Morgan fingerprint density at radius 1 is 1.04 bits per heavy atom. The fraction of sp³-hybridized carbons (Fsp3) is 0.524. The minimum Gasteiger partial charge on any atom is -0.352 e. The molecule has 0 saturated heterocycles. The second-order valence-electron chi connectivity index (χ2n) is 8.43. The summed E-state index contributed by atoms with van der Waals surface area (Å²) in [6.07, 6.45) is 10.2. The Morgan fingerprint density at radius 3 is 2.15 bits per heavy atom. The Bertz CT molecular complexity index is 688. The van der Waals surface area contributed by atoms with Crippen LogP contribution in [0.3, 0.4) is 0 Å². The molecule has 3 N–H and O–H groups in total. The Hall–Kier alpha value is -2.14. The van der Waals surface area contributed by atoms with Crippen molar-refractivity contribution in [3.63, 3.8) is 0 Å². The van der Waals surface area contributed by atoms with Crippen LogP contribution in [0.4, 0.5) is 0 Å². The first-order chi connectivity index (χ1) is 12.6. The van der Waals surface area contributed by atoms with Gasteiger partial charge in [0.1, 0.15) is 0 Å². The quantitative estimate of drug-likeness (QED) is 0.432. The van der Waals surface area contributed by atoms with Gasteiger partial charge in [0.15, 0.2) is 0 Å². The van der Waals surface area contributed by atoms with Gasteiger partial charge in [0.05, 0.1) is 0 Å². The molecule has 0 radical (unpaired) electrons. The molecule has 1 aromatic rings. The molecule has 0 spiro atoms. The molecule has 4 saturated carbocycles. The van der Waals surface area contributed by atoms with Crippen LogP contribution in [0, 0.1) is 23.2 Å². The van der Waals surface area contributed by atoms with Crippen molar-refractivity contribution in [2.45, 2.75) is 45.1 Å². The van der Waals surface area contributed by atoms with Crippen LogP contribution in [0.15, 0.2) is 30.3 Å². The number of hydrogen-bond donors (Lipinski definition) is 3. The number of amides is 2. The first-order valence-corrected chi connectivity index (χ1v) is 9.56. The summed E-state index contributed by atoms with van der Waals surface area (Å²) >= 11 is 0. The SMILES string of the molecule is O=C(/C=C/c1ccc(CNC(=O)C23CC4CC(CC(C4)C2)C3)cc1)NO. The van der Waals surface area contributed by atoms with Crippen molar-refractivity contribution in [2.24, 2.45) is 23.2 Å². The number of benzene rings is 1. The van der Waals surface area contributed by atoms with Crippen LogP contribution in [0.5, 0.6) is 0 Å². The van der Waals surface area contributed by atoms with Crippen LogP contribution in [0.2, 0.25) is 0 Å². The van der Waals surface area contributed by atoms with Gasteiger partial charge in [-0.25, -0.2) is 5.48 Å². The van der Waals surface area contributed by atoms with E-state index >= 15 is 0 Å². The molecule has 0 aromatic heterocycles. The maximum absolute atomic E-state index is 13.0. The molecule has 4 bridgehead atoms. The Labute approximate surface area is 153 Å². The molecule has 0 unspecified atom stereocenters. The van der Waals surface area contributed by atoms with Crippen LogP contribution < -0.4 is 10.8 Å². The van der Waals surface area contributed by atoms with Gasteiger partial charge >= 0.3 is 0 Å².